The van der Waals surface area contributed by atoms with Gasteiger partial charge in [-0.25, -0.2) is 0 Å². The summed E-state index contributed by atoms with van der Waals surface area (Å²) in [4.78, 5) is 5.92. The number of aliphatic hydroxyl groups is 1. The molecule has 0 radical (unpaired) electrons. The van der Waals surface area contributed by atoms with E-state index in [-0.39, 0.29) is 6.61 Å². The topological polar surface area (TPSA) is 62.7 Å². The van der Waals surface area contributed by atoms with Crippen LogP contribution in [0.4, 0.5) is 5.69 Å². The Morgan fingerprint density at radius 1 is 1.00 bits per heavy atom. The molecule has 0 aliphatic rings. The highest BCUT2D eigenvalue weighted by molar-refractivity contribution is 7.67. The second-order valence-corrected chi connectivity index (χ2v) is 8.88. The van der Waals surface area contributed by atoms with Crippen molar-refractivity contribution in [3.8, 4) is 0 Å². The van der Waals surface area contributed by atoms with Crippen LogP contribution in [-0.4, -0.2) is 24.2 Å². The van der Waals surface area contributed by atoms with Crippen molar-refractivity contribution in [2.75, 3.05) is 19.0 Å². The molecule has 2 aromatic carbocycles. The molecule has 1 heterocycles. The number of aliphatic hydroxyl groups excluding tert-OH is 1. The summed E-state index contributed by atoms with van der Waals surface area (Å²) in [6.07, 6.45) is 3.13. The zero-order valence-electron chi connectivity index (χ0n) is 15.4. The summed E-state index contributed by atoms with van der Waals surface area (Å²) in [6.45, 7) is 0.149. The Kier molecular flexibility index (Phi) is 6.07. The van der Waals surface area contributed by atoms with Gasteiger partial charge in [0.05, 0.1) is 6.61 Å². The van der Waals surface area contributed by atoms with E-state index in [1.807, 2.05) is 61.5 Å². The maximum absolute atomic E-state index is 13.9. The zero-order valence-corrected chi connectivity index (χ0v) is 16.3. The summed E-state index contributed by atoms with van der Waals surface area (Å²) in [5.41, 5.74) is 2.38. The summed E-state index contributed by atoms with van der Waals surface area (Å²) in [5, 5.41) is 11.4. The molecule has 3 aromatic rings. The fourth-order valence-electron chi connectivity index (χ4n) is 2.72. The van der Waals surface area contributed by atoms with Gasteiger partial charge in [-0.1, -0.05) is 30.3 Å². The second kappa shape index (κ2) is 8.49. The number of aromatic nitrogens is 1. The molecule has 0 unspecified atom stereocenters. The largest absolute Gasteiger partial charge is 0.378 e. The average Bonchev–Trinajstić information content (AvgIpc) is 2.73. The number of anilines is 1. The lowest BCUT2D eigenvalue weighted by Gasteiger charge is -2.25. The van der Waals surface area contributed by atoms with Gasteiger partial charge in [-0.3, -0.25) is 9.55 Å². The highest BCUT2D eigenvalue weighted by Gasteiger charge is 2.36. The highest BCUT2D eigenvalue weighted by atomic mass is 31.2. The van der Waals surface area contributed by atoms with Gasteiger partial charge in [0.2, 0.25) is 0 Å². The molecule has 0 bridgehead atoms. The summed E-state index contributed by atoms with van der Waals surface area (Å²) in [6, 6.07) is 20.1. The Bertz CT molecular complexity index is 900. The normalized spacial score (nSPS) is 14.3. The molecule has 0 aliphatic heterocycles. The van der Waals surface area contributed by atoms with Gasteiger partial charge in [-0.2, -0.15) is 0 Å². The minimum atomic E-state index is -3.59. The van der Waals surface area contributed by atoms with Crippen LogP contribution in [0, 0.1) is 0 Å². The minimum absolute atomic E-state index is 0.149. The first-order chi connectivity index (χ1) is 13.0. The highest BCUT2D eigenvalue weighted by Crippen LogP contribution is 2.58. The fraction of sp³-hybridized carbons (Fsp3) is 0.190. The van der Waals surface area contributed by atoms with Gasteiger partial charge in [0, 0.05) is 37.5 Å². The first kappa shape index (κ1) is 19.3. The summed E-state index contributed by atoms with van der Waals surface area (Å²) >= 11 is 0. The number of hydrogen-bond acceptors (Lipinski definition) is 5. The number of rotatable bonds is 7. The Balaban J connectivity index is 1.96. The second-order valence-electron chi connectivity index (χ2n) is 6.42. The third-order valence-corrected chi connectivity index (χ3v) is 6.79. The molecule has 0 fully saturated rings. The molecule has 5 nitrogen and oxygen atoms in total. The molecule has 1 N–H and O–H groups in total. The van der Waals surface area contributed by atoms with Crippen LogP contribution in [0.1, 0.15) is 17.0 Å². The van der Waals surface area contributed by atoms with E-state index in [1.54, 1.807) is 36.7 Å². The van der Waals surface area contributed by atoms with E-state index >= 15 is 0 Å². The van der Waals surface area contributed by atoms with E-state index < -0.39 is 13.2 Å². The van der Waals surface area contributed by atoms with Gasteiger partial charge in [0.1, 0.15) is 0 Å². The summed E-state index contributed by atoms with van der Waals surface area (Å²) in [5.74, 6) is -1.27. The average molecular weight is 382 g/mol. The Labute approximate surface area is 159 Å². The number of benzene rings is 2. The molecular formula is C21H23N2O3P. The quantitative estimate of drug-likeness (QED) is 0.627. The summed E-state index contributed by atoms with van der Waals surface area (Å²) < 4.78 is 19.8. The summed E-state index contributed by atoms with van der Waals surface area (Å²) in [7, 11) is 0.283. The van der Waals surface area contributed by atoms with Gasteiger partial charge in [0.25, 0.3) is 7.37 Å². The Hall–Kier alpha value is -2.46. The maximum atomic E-state index is 13.9. The first-order valence-corrected chi connectivity index (χ1v) is 10.3. The van der Waals surface area contributed by atoms with Crippen LogP contribution in [0.3, 0.4) is 0 Å². The van der Waals surface area contributed by atoms with Crippen molar-refractivity contribution in [3.05, 3.63) is 90.3 Å². The van der Waals surface area contributed by atoms with Gasteiger partial charge in [-0.15, -0.1) is 0 Å². The standard InChI is InChI=1S/C21H23N2O3P/c1-23(2)19-8-10-20(11-9-19)27(25,21(24)18-12-14-22-15-13-18)26-16-17-6-4-3-5-7-17/h3-15,21,24H,16H2,1-2H3/t21-,27-/m1/s1. The third-order valence-electron chi connectivity index (χ3n) is 4.32. The Morgan fingerprint density at radius 3 is 2.22 bits per heavy atom. The lowest BCUT2D eigenvalue weighted by Crippen LogP contribution is -2.16. The van der Waals surface area contributed by atoms with Crippen molar-refractivity contribution < 1.29 is 14.2 Å². The molecule has 1 aromatic heterocycles. The molecule has 6 heteroatoms. The zero-order chi connectivity index (χ0) is 19.3. The van der Waals surface area contributed by atoms with E-state index in [9.17, 15) is 9.67 Å². The third kappa shape index (κ3) is 4.45. The molecule has 0 aliphatic carbocycles. The molecular weight excluding hydrogens is 359 g/mol. The number of nitrogens with zero attached hydrogens (tertiary/aromatic N) is 2. The molecule has 140 valence electrons. The SMILES string of the molecule is CN(C)c1ccc([P@@](=O)(OCc2ccccc2)[C@@H](O)c2ccncc2)cc1. The van der Waals surface area contributed by atoms with Crippen LogP contribution in [-0.2, 0) is 15.7 Å². The van der Waals surface area contributed by atoms with Crippen LogP contribution in [0.15, 0.2) is 79.1 Å². The van der Waals surface area contributed by atoms with E-state index in [4.69, 9.17) is 4.52 Å². The van der Waals surface area contributed by atoms with Gasteiger partial charge in [0.15, 0.2) is 5.85 Å². The lowest BCUT2D eigenvalue weighted by molar-refractivity contribution is 0.210. The predicted octanol–water partition coefficient (Wildman–Crippen LogP) is 3.96. The van der Waals surface area contributed by atoms with E-state index in [0.29, 0.717) is 10.9 Å². The fourth-order valence-corrected chi connectivity index (χ4v) is 4.76. The van der Waals surface area contributed by atoms with Crippen LogP contribution >= 0.6 is 7.37 Å². The molecule has 0 spiro atoms. The molecule has 0 amide bonds. The van der Waals surface area contributed by atoms with E-state index in [1.165, 1.54) is 0 Å². The van der Waals surface area contributed by atoms with E-state index in [2.05, 4.69) is 4.98 Å². The van der Waals surface area contributed by atoms with Crippen molar-refractivity contribution in [3.63, 3.8) is 0 Å². The van der Waals surface area contributed by atoms with Crippen LogP contribution in [0.25, 0.3) is 0 Å². The maximum Gasteiger partial charge on any atom is 0.264 e. The van der Waals surface area contributed by atoms with Crippen molar-refractivity contribution in [1.29, 1.82) is 0 Å². The van der Waals surface area contributed by atoms with Crippen molar-refractivity contribution in [2.24, 2.45) is 0 Å². The molecule has 0 saturated carbocycles. The van der Waals surface area contributed by atoms with Crippen molar-refractivity contribution >= 4 is 18.4 Å². The molecule has 0 saturated heterocycles. The molecule has 3 rings (SSSR count). The van der Waals surface area contributed by atoms with Crippen LogP contribution in [0.2, 0.25) is 0 Å². The van der Waals surface area contributed by atoms with Crippen molar-refractivity contribution in [1.82, 2.24) is 4.98 Å². The van der Waals surface area contributed by atoms with Crippen LogP contribution < -0.4 is 10.2 Å². The first-order valence-electron chi connectivity index (χ1n) is 8.65. The van der Waals surface area contributed by atoms with Gasteiger partial charge >= 0.3 is 0 Å². The number of pyridine rings is 1. The van der Waals surface area contributed by atoms with E-state index in [0.717, 1.165) is 11.3 Å². The smallest absolute Gasteiger partial charge is 0.264 e. The van der Waals surface area contributed by atoms with Gasteiger partial charge < -0.3 is 14.5 Å². The van der Waals surface area contributed by atoms with Crippen LogP contribution in [0.5, 0.6) is 0 Å². The lowest BCUT2D eigenvalue weighted by atomic mass is 10.2. The predicted molar refractivity (Wildman–Crippen MR) is 108 cm³/mol. The Morgan fingerprint density at radius 2 is 1.63 bits per heavy atom. The minimum Gasteiger partial charge on any atom is -0.378 e. The molecule has 2 atom stereocenters. The van der Waals surface area contributed by atoms with Crippen molar-refractivity contribution in [2.45, 2.75) is 12.5 Å². The molecule has 27 heavy (non-hydrogen) atoms. The van der Waals surface area contributed by atoms with Gasteiger partial charge in [-0.05, 0) is 47.5 Å². The monoisotopic (exact) mass is 382 g/mol. The number of hydrogen-bond donors (Lipinski definition) is 1.